The van der Waals surface area contributed by atoms with E-state index >= 15 is 0 Å². The average Bonchev–Trinajstić information content (AvgIpc) is 2.50. The summed E-state index contributed by atoms with van der Waals surface area (Å²) < 4.78 is 6.61. The largest absolute Gasteiger partial charge is 0.867 e. The minimum Gasteiger partial charge on any atom is -0.867 e. The Morgan fingerprint density at radius 3 is 2.55 bits per heavy atom. The zero-order chi connectivity index (χ0) is 14.5. The first-order chi connectivity index (χ1) is 9.65. The molecule has 0 saturated heterocycles. The van der Waals surface area contributed by atoms with Gasteiger partial charge in [-0.1, -0.05) is 30.3 Å². The van der Waals surface area contributed by atoms with Gasteiger partial charge in [0.25, 0.3) is 5.70 Å². The first kappa shape index (κ1) is 14.3. The predicted molar refractivity (Wildman–Crippen MR) is 75.0 cm³/mol. The highest BCUT2D eigenvalue weighted by atomic mass is 16.5. The summed E-state index contributed by atoms with van der Waals surface area (Å²) in [4.78, 5) is 12.0. The third kappa shape index (κ3) is 2.90. The van der Waals surface area contributed by atoms with E-state index in [9.17, 15) is 9.90 Å². The minimum atomic E-state index is -0.569. The second-order valence-corrected chi connectivity index (χ2v) is 4.88. The van der Waals surface area contributed by atoms with Gasteiger partial charge in [-0.2, -0.15) is 4.58 Å². The molecule has 2 rings (SSSR count). The van der Waals surface area contributed by atoms with E-state index in [2.05, 4.69) is 0 Å². The molecule has 1 aliphatic heterocycles. The van der Waals surface area contributed by atoms with E-state index in [1.165, 1.54) is 7.11 Å². The van der Waals surface area contributed by atoms with Gasteiger partial charge >= 0.3 is 5.97 Å². The van der Waals surface area contributed by atoms with Crippen LogP contribution in [0.2, 0.25) is 0 Å². The van der Waals surface area contributed by atoms with Crippen LogP contribution < -0.4 is 5.11 Å². The quantitative estimate of drug-likeness (QED) is 0.363. The Hall–Kier alpha value is -2.10. The van der Waals surface area contributed by atoms with Crippen molar-refractivity contribution in [2.75, 3.05) is 13.7 Å². The number of ether oxygens (including phenoxy) is 1. The van der Waals surface area contributed by atoms with Gasteiger partial charge in [0.05, 0.1) is 7.11 Å². The molecule has 0 unspecified atom stereocenters. The Kier molecular flexibility index (Phi) is 4.56. The maximum absolute atomic E-state index is 12.6. The fourth-order valence-electron chi connectivity index (χ4n) is 2.43. The third-order valence-electron chi connectivity index (χ3n) is 3.53. The number of esters is 1. The van der Waals surface area contributed by atoms with E-state index in [-0.39, 0.29) is 11.5 Å². The molecular formula is C16H19NO3. The zero-order valence-corrected chi connectivity index (χ0v) is 11.9. The molecule has 0 aliphatic carbocycles. The molecular weight excluding hydrogens is 254 g/mol. The van der Waals surface area contributed by atoms with Crippen molar-refractivity contribution in [2.45, 2.75) is 26.2 Å². The van der Waals surface area contributed by atoms with Crippen LogP contribution in [0.15, 0.2) is 36.0 Å². The third-order valence-corrected chi connectivity index (χ3v) is 3.53. The number of rotatable bonds is 3. The molecule has 1 heterocycles. The summed E-state index contributed by atoms with van der Waals surface area (Å²) in [7, 11) is 1.31. The highest BCUT2D eigenvalue weighted by Gasteiger charge is 2.28. The number of methoxy groups -OCH3 is 1. The molecule has 20 heavy (non-hydrogen) atoms. The van der Waals surface area contributed by atoms with Crippen molar-refractivity contribution in [1.29, 1.82) is 0 Å². The zero-order valence-electron chi connectivity index (χ0n) is 11.9. The normalized spacial score (nSPS) is 16.7. The molecule has 0 N–H and O–H groups in total. The van der Waals surface area contributed by atoms with Gasteiger partial charge in [0.15, 0.2) is 5.71 Å². The predicted octanol–water partition coefficient (Wildman–Crippen LogP) is 1.55. The number of carbonyl (C=O) groups is 1. The molecule has 106 valence electrons. The number of hydrogen-bond donors (Lipinski definition) is 0. The molecule has 1 aromatic rings. The summed E-state index contributed by atoms with van der Waals surface area (Å²) in [6.45, 7) is 2.65. The standard InChI is InChI=1S/C16H19NO3/c1-12-8-6-7-11-17(12)14(16(19)20-2)15(18)13-9-4-3-5-10-13/h3-5,9-10H,6-8,11H2,1-2H3. The van der Waals surface area contributed by atoms with Gasteiger partial charge in [0, 0.05) is 19.8 Å². The van der Waals surface area contributed by atoms with Crippen molar-refractivity contribution in [3.8, 4) is 0 Å². The number of nitrogens with zero attached hydrogens (tertiary/aromatic N) is 1. The van der Waals surface area contributed by atoms with E-state index in [1.807, 2.05) is 17.6 Å². The van der Waals surface area contributed by atoms with Crippen LogP contribution in [0.3, 0.4) is 0 Å². The lowest BCUT2D eigenvalue weighted by Crippen LogP contribution is -2.31. The van der Waals surface area contributed by atoms with E-state index in [1.54, 1.807) is 24.3 Å². The van der Waals surface area contributed by atoms with E-state index in [0.29, 0.717) is 12.1 Å². The van der Waals surface area contributed by atoms with Crippen molar-refractivity contribution in [2.24, 2.45) is 0 Å². The van der Waals surface area contributed by atoms with E-state index in [0.717, 1.165) is 25.0 Å². The second-order valence-electron chi connectivity index (χ2n) is 4.88. The summed E-state index contributed by atoms with van der Waals surface area (Å²) >= 11 is 0. The summed E-state index contributed by atoms with van der Waals surface area (Å²) in [6, 6.07) is 8.84. The molecule has 0 fully saturated rings. The summed E-state index contributed by atoms with van der Waals surface area (Å²) in [5.74, 6) is -0.848. The molecule has 0 spiro atoms. The molecule has 0 atom stereocenters. The Labute approximate surface area is 119 Å². The lowest BCUT2D eigenvalue weighted by molar-refractivity contribution is -0.483. The van der Waals surface area contributed by atoms with Crippen LogP contribution in [0.1, 0.15) is 31.7 Å². The van der Waals surface area contributed by atoms with Gasteiger partial charge in [0.1, 0.15) is 6.54 Å². The van der Waals surface area contributed by atoms with Crippen LogP contribution in [-0.4, -0.2) is 29.9 Å². The summed E-state index contributed by atoms with van der Waals surface area (Å²) in [5.41, 5.74) is 1.67. The SMILES string of the molecule is COC(=O)/C(=C(\[O-])c1ccccc1)[N+]1=C(C)CCCC1. The van der Waals surface area contributed by atoms with Crippen LogP contribution in [0.5, 0.6) is 0 Å². The van der Waals surface area contributed by atoms with Crippen LogP contribution in [0.4, 0.5) is 0 Å². The lowest BCUT2D eigenvalue weighted by atomic mass is 10.1. The van der Waals surface area contributed by atoms with Crippen LogP contribution in [-0.2, 0) is 9.53 Å². The van der Waals surface area contributed by atoms with Gasteiger partial charge < -0.3 is 9.84 Å². The first-order valence-electron chi connectivity index (χ1n) is 6.80. The topological polar surface area (TPSA) is 52.4 Å². The molecule has 0 aromatic heterocycles. The number of carbonyl (C=O) groups excluding carboxylic acids is 1. The van der Waals surface area contributed by atoms with Crippen LogP contribution in [0.25, 0.3) is 5.76 Å². The molecule has 0 saturated carbocycles. The Morgan fingerprint density at radius 2 is 1.95 bits per heavy atom. The van der Waals surface area contributed by atoms with Gasteiger partial charge in [-0.15, -0.1) is 0 Å². The smallest absolute Gasteiger partial charge is 0.402 e. The number of benzene rings is 1. The Morgan fingerprint density at radius 1 is 1.25 bits per heavy atom. The fourth-order valence-corrected chi connectivity index (χ4v) is 2.43. The van der Waals surface area contributed by atoms with E-state index in [4.69, 9.17) is 4.74 Å². The molecule has 1 aliphatic rings. The maximum Gasteiger partial charge on any atom is 0.402 e. The average molecular weight is 273 g/mol. The fraction of sp³-hybridized carbons (Fsp3) is 0.375. The van der Waals surface area contributed by atoms with E-state index < -0.39 is 5.97 Å². The van der Waals surface area contributed by atoms with Gasteiger partial charge in [-0.3, -0.25) is 0 Å². The molecule has 1 aromatic carbocycles. The lowest BCUT2D eigenvalue weighted by Gasteiger charge is -2.19. The maximum atomic E-state index is 12.6. The first-order valence-corrected chi connectivity index (χ1v) is 6.80. The van der Waals surface area contributed by atoms with Gasteiger partial charge in [-0.25, -0.2) is 4.79 Å². The van der Waals surface area contributed by atoms with Crippen molar-refractivity contribution < 1.29 is 19.2 Å². The Balaban J connectivity index is 2.56. The minimum absolute atomic E-state index is 0.121. The molecule has 0 amide bonds. The van der Waals surface area contributed by atoms with Crippen molar-refractivity contribution in [3.63, 3.8) is 0 Å². The second kappa shape index (κ2) is 6.37. The molecule has 4 nitrogen and oxygen atoms in total. The highest BCUT2D eigenvalue weighted by Crippen LogP contribution is 2.19. The Bertz CT molecular complexity index is 558. The molecule has 0 radical (unpaired) electrons. The van der Waals surface area contributed by atoms with Gasteiger partial charge in [-0.05, 0) is 17.7 Å². The summed E-state index contributed by atoms with van der Waals surface area (Å²) in [5, 5.41) is 12.6. The van der Waals surface area contributed by atoms with Crippen molar-refractivity contribution in [3.05, 3.63) is 41.6 Å². The highest BCUT2D eigenvalue weighted by molar-refractivity contribution is 5.94. The van der Waals surface area contributed by atoms with Gasteiger partial charge in [0.2, 0.25) is 0 Å². The monoisotopic (exact) mass is 273 g/mol. The number of hydrogen-bond acceptors (Lipinski definition) is 3. The van der Waals surface area contributed by atoms with Crippen molar-refractivity contribution >= 4 is 17.4 Å². The molecule has 4 heteroatoms. The summed E-state index contributed by atoms with van der Waals surface area (Å²) in [6.07, 6.45) is 2.97. The molecule has 0 bridgehead atoms. The van der Waals surface area contributed by atoms with Crippen molar-refractivity contribution in [1.82, 2.24) is 0 Å². The van der Waals surface area contributed by atoms with Crippen LogP contribution in [0, 0.1) is 0 Å². The van der Waals surface area contributed by atoms with Crippen LogP contribution >= 0.6 is 0 Å².